The van der Waals surface area contributed by atoms with Crippen LogP contribution in [0, 0.1) is 10.8 Å². The summed E-state index contributed by atoms with van der Waals surface area (Å²) in [5.41, 5.74) is 2.83. The average Bonchev–Trinajstić information content (AvgIpc) is 2.79. The zero-order valence-corrected chi connectivity index (χ0v) is 23.3. The van der Waals surface area contributed by atoms with E-state index in [1.54, 1.807) is 0 Å². The third-order valence-corrected chi connectivity index (χ3v) is 6.52. The van der Waals surface area contributed by atoms with E-state index in [1.165, 1.54) is 24.8 Å². The summed E-state index contributed by atoms with van der Waals surface area (Å²) in [6.07, 6.45) is 5.93. The molecule has 2 fully saturated rings. The van der Waals surface area contributed by atoms with Gasteiger partial charge in [0, 0.05) is 17.3 Å². The van der Waals surface area contributed by atoms with E-state index in [-0.39, 0.29) is 17.6 Å². The summed E-state index contributed by atoms with van der Waals surface area (Å²) in [5, 5.41) is 9.06. The van der Waals surface area contributed by atoms with Crippen molar-refractivity contribution in [1.29, 1.82) is 0 Å². The third-order valence-electron chi connectivity index (χ3n) is 6.52. The molecular formula is C29H54O4. The summed E-state index contributed by atoms with van der Waals surface area (Å²) in [6, 6.07) is 8.08. The van der Waals surface area contributed by atoms with Crippen LogP contribution in [0.3, 0.4) is 0 Å². The first-order valence-corrected chi connectivity index (χ1v) is 13.3. The largest absolute Gasteiger partial charge is 0.392 e. The maximum Gasteiger partial charge on any atom is 0.0681 e. The van der Waals surface area contributed by atoms with Crippen LogP contribution in [0.15, 0.2) is 24.3 Å². The molecule has 0 bridgehead atoms. The van der Waals surface area contributed by atoms with Gasteiger partial charge in [0.25, 0.3) is 0 Å². The number of hydrogen-bond donors (Lipinski definition) is 1. The van der Waals surface area contributed by atoms with Crippen LogP contribution in [0.25, 0.3) is 0 Å². The first-order chi connectivity index (χ1) is 15.8. The number of aliphatic hydroxyl groups is 1. The van der Waals surface area contributed by atoms with E-state index in [1.807, 2.05) is 39.8 Å². The molecule has 1 aromatic rings. The number of aliphatic hydroxyl groups excluding tert-OH is 1. The quantitative estimate of drug-likeness (QED) is 0.396. The molecule has 194 valence electrons. The second-order valence-corrected chi connectivity index (χ2v) is 9.64. The minimum atomic E-state index is -0.182. The molecular weight excluding hydrogens is 412 g/mol. The molecule has 0 atom stereocenters. The molecule has 0 spiro atoms. The highest BCUT2D eigenvalue weighted by Crippen LogP contribution is 2.35. The Labute approximate surface area is 205 Å². The van der Waals surface area contributed by atoms with Crippen LogP contribution in [-0.2, 0) is 27.2 Å². The number of hydrogen-bond acceptors (Lipinski definition) is 4. The van der Waals surface area contributed by atoms with Gasteiger partial charge in [-0.25, -0.2) is 0 Å². The van der Waals surface area contributed by atoms with Crippen molar-refractivity contribution in [3.05, 3.63) is 35.4 Å². The van der Waals surface area contributed by atoms with Gasteiger partial charge >= 0.3 is 0 Å². The van der Waals surface area contributed by atoms with Crippen molar-refractivity contribution in [2.24, 2.45) is 10.8 Å². The van der Waals surface area contributed by atoms with Gasteiger partial charge in [-0.05, 0) is 44.2 Å². The lowest BCUT2D eigenvalue weighted by atomic mass is 9.79. The summed E-state index contributed by atoms with van der Waals surface area (Å²) in [7, 11) is 0. The first kappa shape index (κ1) is 32.1. The summed E-state index contributed by atoms with van der Waals surface area (Å²) in [6.45, 7) is 23.5. The lowest BCUT2D eigenvalue weighted by Crippen LogP contribution is -2.47. The molecule has 0 saturated carbocycles. The molecule has 0 radical (unpaired) electrons. The van der Waals surface area contributed by atoms with E-state index >= 15 is 0 Å². The standard InChI is InChI=1S/C17H26O3.C8H16O.2C2H6/c1-4-17(11-19-12-17)13-20-16(2,3)9-14-5-7-15(10-18)8-6-14;1-3-5-8(4-2)6-9-7-8;2*1-2/h5-8,18H,4,9-13H2,1-3H3;3-7H2,1-2H3;2*1-2H3. The topological polar surface area (TPSA) is 47.9 Å². The Hall–Kier alpha value is -0.940. The third kappa shape index (κ3) is 10.9. The zero-order valence-electron chi connectivity index (χ0n) is 23.3. The van der Waals surface area contributed by atoms with Crippen molar-refractivity contribution >= 4 is 0 Å². The van der Waals surface area contributed by atoms with Crippen molar-refractivity contribution < 1.29 is 19.3 Å². The van der Waals surface area contributed by atoms with Crippen LogP contribution in [0.1, 0.15) is 99.1 Å². The van der Waals surface area contributed by atoms with Crippen LogP contribution in [0.5, 0.6) is 0 Å². The molecule has 1 aromatic carbocycles. The second kappa shape index (κ2) is 16.6. The van der Waals surface area contributed by atoms with Gasteiger partial charge in [-0.3, -0.25) is 0 Å². The number of benzene rings is 1. The monoisotopic (exact) mass is 466 g/mol. The second-order valence-electron chi connectivity index (χ2n) is 9.64. The van der Waals surface area contributed by atoms with Gasteiger partial charge < -0.3 is 19.3 Å². The van der Waals surface area contributed by atoms with E-state index in [0.717, 1.165) is 51.4 Å². The molecule has 4 heteroatoms. The molecule has 0 aliphatic carbocycles. The summed E-state index contributed by atoms with van der Waals surface area (Å²) < 4.78 is 16.7. The van der Waals surface area contributed by atoms with Crippen LogP contribution in [0.4, 0.5) is 0 Å². The minimum absolute atomic E-state index is 0.0964. The van der Waals surface area contributed by atoms with Gasteiger partial charge in [-0.2, -0.15) is 0 Å². The van der Waals surface area contributed by atoms with Crippen molar-refractivity contribution in [3.63, 3.8) is 0 Å². The van der Waals surface area contributed by atoms with Gasteiger partial charge in [0.2, 0.25) is 0 Å². The van der Waals surface area contributed by atoms with E-state index in [0.29, 0.717) is 5.41 Å². The molecule has 2 aliphatic rings. The molecule has 4 nitrogen and oxygen atoms in total. The Balaban J connectivity index is 0.000000658. The Morgan fingerprint density at radius 2 is 1.27 bits per heavy atom. The van der Waals surface area contributed by atoms with Crippen LogP contribution < -0.4 is 0 Å². The molecule has 33 heavy (non-hydrogen) atoms. The number of rotatable bonds is 10. The Bertz CT molecular complexity index is 575. The highest BCUT2D eigenvalue weighted by atomic mass is 16.5. The minimum Gasteiger partial charge on any atom is -0.392 e. The first-order valence-electron chi connectivity index (χ1n) is 13.3. The molecule has 2 saturated heterocycles. The van der Waals surface area contributed by atoms with E-state index in [4.69, 9.17) is 19.3 Å². The van der Waals surface area contributed by atoms with Crippen molar-refractivity contribution in [1.82, 2.24) is 0 Å². The SMILES string of the molecule is CC.CC.CCC1(COC(C)(C)Cc2ccc(CO)cc2)COC1.CCCC1(CC)COC1. The van der Waals surface area contributed by atoms with Gasteiger partial charge in [-0.15, -0.1) is 0 Å². The Kier molecular flexibility index (Phi) is 16.2. The van der Waals surface area contributed by atoms with Gasteiger partial charge in [-0.1, -0.05) is 79.2 Å². The predicted molar refractivity (Wildman–Crippen MR) is 141 cm³/mol. The Morgan fingerprint density at radius 3 is 1.58 bits per heavy atom. The fraction of sp³-hybridized carbons (Fsp3) is 0.793. The fourth-order valence-corrected chi connectivity index (χ4v) is 3.88. The van der Waals surface area contributed by atoms with Gasteiger partial charge in [0.15, 0.2) is 0 Å². The van der Waals surface area contributed by atoms with Crippen molar-refractivity contribution in [2.45, 2.75) is 107 Å². The molecule has 0 unspecified atom stereocenters. The summed E-state index contributed by atoms with van der Waals surface area (Å²) >= 11 is 0. The molecule has 0 aromatic heterocycles. The smallest absolute Gasteiger partial charge is 0.0681 e. The van der Waals surface area contributed by atoms with Crippen molar-refractivity contribution in [3.8, 4) is 0 Å². The van der Waals surface area contributed by atoms with Crippen LogP contribution in [0.2, 0.25) is 0 Å². The fourth-order valence-electron chi connectivity index (χ4n) is 3.88. The maximum atomic E-state index is 9.06. The average molecular weight is 467 g/mol. The van der Waals surface area contributed by atoms with E-state index in [9.17, 15) is 0 Å². The summed E-state index contributed by atoms with van der Waals surface area (Å²) in [4.78, 5) is 0. The molecule has 3 rings (SSSR count). The molecule has 2 aliphatic heterocycles. The van der Waals surface area contributed by atoms with Crippen LogP contribution >= 0.6 is 0 Å². The van der Waals surface area contributed by atoms with Crippen molar-refractivity contribution in [2.75, 3.05) is 33.0 Å². The lowest BCUT2D eigenvalue weighted by molar-refractivity contribution is -0.174. The van der Waals surface area contributed by atoms with E-state index in [2.05, 4.69) is 46.8 Å². The maximum absolute atomic E-state index is 9.06. The zero-order chi connectivity index (χ0) is 25.4. The van der Waals surface area contributed by atoms with E-state index < -0.39 is 0 Å². The number of ether oxygens (including phenoxy) is 3. The van der Waals surface area contributed by atoms with Gasteiger partial charge in [0.1, 0.15) is 0 Å². The summed E-state index contributed by atoms with van der Waals surface area (Å²) in [5.74, 6) is 0. The van der Waals surface area contributed by atoms with Crippen LogP contribution in [-0.4, -0.2) is 43.7 Å². The predicted octanol–water partition coefficient (Wildman–Crippen LogP) is 7.21. The highest BCUT2D eigenvalue weighted by Gasteiger charge is 2.38. The molecule has 1 N–H and O–H groups in total. The lowest BCUT2D eigenvalue weighted by Gasteiger charge is -2.42. The molecule has 0 amide bonds. The van der Waals surface area contributed by atoms with Gasteiger partial charge in [0.05, 0.1) is 45.2 Å². The normalized spacial score (nSPS) is 17.5. The molecule has 2 heterocycles. The highest BCUT2D eigenvalue weighted by molar-refractivity contribution is 5.23. The Morgan fingerprint density at radius 1 is 0.818 bits per heavy atom.